The van der Waals surface area contributed by atoms with E-state index in [0.717, 1.165) is 24.3 Å². The molecule has 0 saturated carbocycles. The second kappa shape index (κ2) is 8.80. The number of aromatic nitrogens is 1. The molecule has 32 heavy (non-hydrogen) atoms. The van der Waals surface area contributed by atoms with Gasteiger partial charge in [0.2, 0.25) is 26.6 Å². The second-order valence-corrected chi connectivity index (χ2v) is 8.56. The van der Waals surface area contributed by atoms with Crippen molar-refractivity contribution < 1.29 is 26.4 Å². The first kappa shape index (κ1) is 21.5. The zero-order valence-corrected chi connectivity index (χ0v) is 17.7. The third-order valence-electron chi connectivity index (χ3n) is 4.49. The first-order chi connectivity index (χ1) is 15.4. The lowest BCUT2D eigenvalue weighted by atomic mass is 10.2. The van der Waals surface area contributed by atoms with Crippen LogP contribution in [0.3, 0.4) is 0 Å². The maximum atomic E-state index is 13.3. The Morgan fingerprint density at radius 1 is 0.906 bits per heavy atom. The van der Waals surface area contributed by atoms with Crippen molar-refractivity contribution in [1.82, 2.24) is 4.98 Å². The van der Waals surface area contributed by atoms with Crippen LogP contribution in [0.4, 0.5) is 20.4 Å². The van der Waals surface area contributed by atoms with Crippen LogP contribution in [0.15, 0.2) is 87.1 Å². The van der Waals surface area contributed by atoms with Gasteiger partial charge in [0.1, 0.15) is 17.4 Å². The number of hydrogen-bond donors (Lipinski definition) is 1. The summed E-state index contributed by atoms with van der Waals surface area (Å²) in [4.78, 5) is 4.07. The Bertz CT molecular complexity index is 1320. The number of sulfone groups is 1. The summed E-state index contributed by atoms with van der Waals surface area (Å²) in [6.07, 6.45) is 0. The summed E-state index contributed by atoms with van der Waals surface area (Å²) in [7, 11) is -4.15. The van der Waals surface area contributed by atoms with E-state index in [2.05, 4.69) is 10.3 Å². The molecule has 164 valence electrons. The summed E-state index contributed by atoms with van der Waals surface area (Å²) in [5.41, 5.74) is 0.924. The average Bonchev–Trinajstić information content (AvgIpc) is 3.21. The number of nitrogens with one attached hydrogen (secondary N) is 1. The van der Waals surface area contributed by atoms with E-state index in [1.54, 1.807) is 24.3 Å². The first-order valence-corrected chi connectivity index (χ1v) is 11.1. The highest BCUT2D eigenvalue weighted by Crippen LogP contribution is 2.34. The van der Waals surface area contributed by atoms with Crippen LogP contribution < -0.4 is 10.1 Å². The van der Waals surface area contributed by atoms with E-state index in [4.69, 9.17) is 9.15 Å². The van der Waals surface area contributed by atoms with Crippen molar-refractivity contribution in [2.75, 3.05) is 11.9 Å². The molecule has 0 atom stereocenters. The zero-order valence-electron chi connectivity index (χ0n) is 16.9. The van der Waals surface area contributed by atoms with Gasteiger partial charge in [0.05, 0.1) is 11.5 Å². The molecule has 3 aromatic carbocycles. The Labute approximate surface area is 183 Å². The average molecular weight is 456 g/mol. The summed E-state index contributed by atoms with van der Waals surface area (Å²) in [6.45, 7) is 2.37. The molecule has 9 heteroatoms. The molecule has 4 rings (SSSR count). The number of oxazole rings is 1. The monoisotopic (exact) mass is 456 g/mol. The maximum absolute atomic E-state index is 13.3. The maximum Gasteiger partial charge on any atom is 0.238 e. The topological polar surface area (TPSA) is 81.4 Å². The van der Waals surface area contributed by atoms with Gasteiger partial charge in [-0.2, -0.15) is 4.98 Å². The highest BCUT2D eigenvalue weighted by atomic mass is 32.2. The van der Waals surface area contributed by atoms with Gasteiger partial charge in [0.25, 0.3) is 0 Å². The van der Waals surface area contributed by atoms with Crippen molar-refractivity contribution in [3.05, 3.63) is 84.4 Å². The van der Waals surface area contributed by atoms with Gasteiger partial charge in [-0.15, -0.1) is 0 Å². The third kappa shape index (κ3) is 4.47. The highest BCUT2D eigenvalue weighted by molar-refractivity contribution is 7.91. The van der Waals surface area contributed by atoms with Crippen LogP contribution in [0.2, 0.25) is 0 Å². The van der Waals surface area contributed by atoms with Crippen LogP contribution in [0.1, 0.15) is 6.92 Å². The van der Waals surface area contributed by atoms with Gasteiger partial charge in [-0.1, -0.05) is 0 Å². The van der Waals surface area contributed by atoms with Crippen molar-refractivity contribution >= 4 is 21.4 Å². The van der Waals surface area contributed by atoms with Crippen molar-refractivity contribution in [1.29, 1.82) is 0 Å². The summed E-state index contributed by atoms with van der Waals surface area (Å²) >= 11 is 0. The Morgan fingerprint density at radius 3 is 2.09 bits per heavy atom. The normalized spacial score (nSPS) is 11.3. The van der Waals surface area contributed by atoms with Crippen LogP contribution in [-0.2, 0) is 9.84 Å². The predicted octanol–water partition coefficient (Wildman–Crippen LogP) is 5.59. The van der Waals surface area contributed by atoms with Crippen LogP contribution in [0.25, 0.3) is 11.5 Å². The van der Waals surface area contributed by atoms with E-state index in [1.807, 2.05) is 6.92 Å². The molecule has 1 heterocycles. The molecule has 0 aliphatic rings. The fourth-order valence-electron chi connectivity index (χ4n) is 2.94. The van der Waals surface area contributed by atoms with Crippen molar-refractivity contribution in [3.63, 3.8) is 0 Å². The predicted molar refractivity (Wildman–Crippen MR) is 115 cm³/mol. The van der Waals surface area contributed by atoms with Crippen LogP contribution in [0.5, 0.6) is 5.75 Å². The fraction of sp³-hybridized carbons (Fsp3) is 0.0870. The molecule has 0 aliphatic heterocycles. The lowest BCUT2D eigenvalue weighted by Gasteiger charge is -2.06. The SMILES string of the molecule is CCOc1ccc(-c2nc(S(=O)(=O)c3ccc(F)cc3)c(Nc3ccc(F)cc3)o2)cc1. The largest absolute Gasteiger partial charge is 0.494 e. The number of nitrogens with zero attached hydrogens (tertiary/aromatic N) is 1. The molecule has 1 N–H and O–H groups in total. The number of rotatable bonds is 7. The molecule has 6 nitrogen and oxygen atoms in total. The third-order valence-corrected chi connectivity index (χ3v) is 6.17. The lowest BCUT2D eigenvalue weighted by molar-refractivity contribution is 0.340. The molecule has 4 aromatic rings. The molecule has 0 spiro atoms. The molecule has 0 aliphatic carbocycles. The van der Waals surface area contributed by atoms with E-state index >= 15 is 0 Å². The minimum Gasteiger partial charge on any atom is -0.494 e. The highest BCUT2D eigenvalue weighted by Gasteiger charge is 2.29. The van der Waals surface area contributed by atoms with Crippen LogP contribution in [-0.4, -0.2) is 20.0 Å². The lowest BCUT2D eigenvalue weighted by Crippen LogP contribution is -2.05. The van der Waals surface area contributed by atoms with Crippen molar-refractivity contribution in [2.24, 2.45) is 0 Å². The quantitative estimate of drug-likeness (QED) is 0.365. The molecule has 0 unspecified atom stereocenters. The molecule has 0 saturated heterocycles. The number of benzene rings is 3. The summed E-state index contributed by atoms with van der Waals surface area (Å²) in [6, 6.07) is 16.5. The Balaban J connectivity index is 1.79. The molecule has 0 radical (unpaired) electrons. The number of ether oxygens (including phenoxy) is 1. The van der Waals surface area contributed by atoms with Gasteiger partial charge in [0.15, 0.2) is 0 Å². The molecule has 1 aromatic heterocycles. The number of anilines is 2. The van der Waals surface area contributed by atoms with E-state index < -0.39 is 21.5 Å². The molecule has 0 bridgehead atoms. The molecular weight excluding hydrogens is 438 g/mol. The first-order valence-electron chi connectivity index (χ1n) is 9.64. The van der Waals surface area contributed by atoms with Gasteiger partial charge >= 0.3 is 0 Å². The summed E-state index contributed by atoms with van der Waals surface area (Å²) in [5, 5.41) is 2.46. The molecular formula is C23H18F2N2O4S. The van der Waals surface area contributed by atoms with Crippen LogP contribution in [0, 0.1) is 11.6 Å². The zero-order chi connectivity index (χ0) is 22.7. The van der Waals surface area contributed by atoms with Gasteiger partial charge in [0, 0.05) is 11.3 Å². The van der Waals surface area contributed by atoms with Crippen molar-refractivity contribution in [3.8, 4) is 17.2 Å². The van der Waals surface area contributed by atoms with E-state index in [1.165, 1.54) is 24.3 Å². The van der Waals surface area contributed by atoms with Crippen molar-refractivity contribution in [2.45, 2.75) is 16.8 Å². The van der Waals surface area contributed by atoms with Gasteiger partial charge in [-0.05, 0) is 79.7 Å². The fourth-order valence-corrected chi connectivity index (χ4v) is 4.20. The smallest absolute Gasteiger partial charge is 0.238 e. The standard InChI is InChI=1S/C23H18F2N2O4S/c1-2-30-19-11-3-15(4-12-19)21-27-23(32(28,29)20-13-7-17(25)8-14-20)22(31-21)26-18-9-5-16(24)6-10-18/h3-14,26H,2H2,1H3. The summed E-state index contributed by atoms with van der Waals surface area (Å²) in [5.74, 6) is -0.457. The minimum atomic E-state index is -4.15. The van der Waals surface area contributed by atoms with E-state index in [9.17, 15) is 17.2 Å². The van der Waals surface area contributed by atoms with Gasteiger partial charge < -0.3 is 14.5 Å². The van der Waals surface area contributed by atoms with Gasteiger partial charge in [-0.3, -0.25) is 0 Å². The number of halogens is 2. The Kier molecular flexibility index (Phi) is 5.91. The minimum absolute atomic E-state index is 0.0540. The van der Waals surface area contributed by atoms with Gasteiger partial charge in [-0.25, -0.2) is 17.2 Å². The molecule has 0 fully saturated rings. The molecule has 0 amide bonds. The summed E-state index contributed by atoms with van der Waals surface area (Å²) < 4.78 is 64.2. The van der Waals surface area contributed by atoms with E-state index in [0.29, 0.717) is 23.6 Å². The Hall–Kier alpha value is -3.72. The second-order valence-electron chi connectivity index (χ2n) is 6.70. The van der Waals surface area contributed by atoms with Crippen LogP contribution >= 0.6 is 0 Å². The number of hydrogen-bond acceptors (Lipinski definition) is 6. The Morgan fingerprint density at radius 2 is 1.50 bits per heavy atom. The van der Waals surface area contributed by atoms with E-state index in [-0.39, 0.29) is 21.7 Å².